The minimum absolute atomic E-state index is 0.168. The van der Waals surface area contributed by atoms with Crippen LogP contribution in [0.3, 0.4) is 0 Å². The second kappa shape index (κ2) is 5.41. The molecule has 0 radical (unpaired) electrons. The number of ether oxygens (including phenoxy) is 1. The van der Waals surface area contributed by atoms with Gasteiger partial charge >= 0.3 is 5.97 Å². The summed E-state index contributed by atoms with van der Waals surface area (Å²) < 4.78 is 5.18. The molecule has 0 saturated heterocycles. The highest BCUT2D eigenvalue weighted by molar-refractivity contribution is 7.58. The van der Waals surface area contributed by atoms with Crippen LogP contribution in [-0.2, 0) is 4.74 Å². The zero-order valence-corrected chi connectivity index (χ0v) is 11.8. The molecule has 1 atom stereocenters. The molecule has 3 heteroatoms. The maximum Gasteiger partial charge on any atom is 0.342 e. The van der Waals surface area contributed by atoms with Crippen molar-refractivity contribution in [2.45, 2.75) is 20.8 Å². The molecule has 0 bridgehead atoms. The average Bonchev–Trinajstić information content (AvgIpc) is 2.67. The lowest BCUT2D eigenvalue weighted by Gasteiger charge is -2.06. The Morgan fingerprint density at radius 1 is 1.22 bits per heavy atom. The highest BCUT2D eigenvalue weighted by Gasteiger charge is 2.19. The number of esters is 1. The Labute approximate surface area is 109 Å². The molecule has 0 fully saturated rings. The molecule has 2 rings (SSSR count). The Hall–Kier alpha value is -1.53. The van der Waals surface area contributed by atoms with Gasteiger partial charge in [-0.3, -0.25) is 0 Å². The second-order valence-corrected chi connectivity index (χ2v) is 6.17. The Balaban J connectivity index is 2.55. The minimum atomic E-state index is -0.690. The molecule has 1 aromatic heterocycles. The van der Waals surface area contributed by atoms with Crippen LogP contribution in [0.1, 0.15) is 28.1 Å². The van der Waals surface area contributed by atoms with E-state index in [1.807, 2.05) is 32.0 Å². The second-order valence-electron chi connectivity index (χ2n) is 4.21. The molecular weight excluding hydrogens is 243 g/mol. The van der Waals surface area contributed by atoms with E-state index in [4.69, 9.17) is 4.74 Å². The summed E-state index contributed by atoms with van der Waals surface area (Å²) in [5.74, 6) is 2.03. The van der Waals surface area contributed by atoms with Crippen LogP contribution in [0.5, 0.6) is 0 Å². The Bertz CT molecular complexity index is 555. The standard InChI is InChI=1S/C15H17O2P/c1-4-17-15(16)14-12(3)11(2)10-18(14)13-8-6-5-7-9-13/h5-10H,4H2,1-3H3. The van der Waals surface area contributed by atoms with Gasteiger partial charge in [0.2, 0.25) is 0 Å². The average molecular weight is 260 g/mol. The van der Waals surface area contributed by atoms with Crippen molar-refractivity contribution in [3.8, 4) is 5.30 Å². The molecule has 0 saturated carbocycles. The van der Waals surface area contributed by atoms with Crippen molar-refractivity contribution in [1.29, 1.82) is 0 Å². The van der Waals surface area contributed by atoms with E-state index in [1.165, 1.54) is 10.9 Å². The highest BCUT2D eigenvalue weighted by Crippen LogP contribution is 2.47. The summed E-state index contributed by atoms with van der Waals surface area (Å²) in [5.41, 5.74) is 2.26. The Morgan fingerprint density at radius 2 is 1.89 bits per heavy atom. The molecule has 0 aliphatic carbocycles. The van der Waals surface area contributed by atoms with Gasteiger partial charge in [-0.1, -0.05) is 37.9 Å². The summed E-state index contributed by atoms with van der Waals surface area (Å²) in [5, 5.41) is 2.04. The number of benzene rings is 1. The van der Waals surface area contributed by atoms with Gasteiger partial charge in [-0.05, 0) is 43.0 Å². The zero-order chi connectivity index (χ0) is 13.1. The first-order valence-corrected chi connectivity index (χ1v) is 7.47. The molecule has 1 unspecified atom stereocenters. The topological polar surface area (TPSA) is 26.3 Å². The van der Waals surface area contributed by atoms with Gasteiger partial charge in [0.1, 0.15) is 0 Å². The molecule has 1 aromatic carbocycles. The summed E-state index contributed by atoms with van der Waals surface area (Å²) in [6.45, 7) is 6.32. The van der Waals surface area contributed by atoms with Gasteiger partial charge in [0, 0.05) is 0 Å². The van der Waals surface area contributed by atoms with Crippen LogP contribution in [0, 0.1) is 13.8 Å². The first kappa shape index (κ1) is 12.9. The number of hydrogen-bond donors (Lipinski definition) is 0. The predicted octanol–water partition coefficient (Wildman–Crippen LogP) is 4.46. The molecule has 0 aliphatic heterocycles. The third kappa shape index (κ3) is 2.34. The summed E-state index contributed by atoms with van der Waals surface area (Å²) in [6.07, 6.45) is 0. The molecule has 0 N–H and O–H groups in total. The van der Waals surface area contributed by atoms with Crippen LogP contribution in [-0.4, -0.2) is 12.6 Å². The van der Waals surface area contributed by atoms with Crippen molar-refractivity contribution in [2.75, 3.05) is 6.61 Å². The number of hydrogen-bond acceptors (Lipinski definition) is 2. The summed E-state index contributed by atoms with van der Waals surface area (Å²) >= 11 is 0. The molecule has 0 amide bonds. The van der Waals surface area contributed by atoms with Gasteiger partial charge in [-0.25, -0.2) is 4.79 Å². The summed E-state index contributed by atoms with van der Waals surface area (Å²) in [7, 11) is -0.690. The summed E-state index contributed by atoms with van der Waals surface area (Å²) in [6, 6.07) is 10.2. The number of rotatable bonds is 3. The number of carbonyl (C=O) groups is 1. The lowest BCUT2D eigenvalue weighted by molar-refractivity contribution is 0.0531. The minimum Gasteiger partial charge on any atom is -0.462 e. The van der Waals surface area contributed by atoms with Gasteiger partial charge in [-0.2, -0.15) is 0 Å². The Morgan fingerprint density at radius 3 is 2.50 bits per heavy atom. The van der Waals surface area contributed by atoms with E-state index >= 15 is 0 Å². The van der Waals surface area contributed by atoms with E-state index in [0.717, 1.165) is 10.9 Å². The van der Waals surface area contributed by atoms with Gasteiger partial charge in [-0.15, -0.1) is 0 Å². The van der Waals surface area contributed by atoms with E-state index in [-0.39, 0.29) is 5.97 Å². The molecule has 18 heavy (non-hydrogen) atoms. The van der Waals surface area contributed by atoms with Crippen LogP contribution in [0.25, 0.3) is 5.30 Å². The smallest absolute Gasteiger partial charge is 0.342 e. The van der Waals surface area contributed by atoms with Crippen molar-refractivity contribution < 1.29 is 9.53 Å². The van der Waals surface area contributed by atoms with Gasteiger partial charge < -0.3 is 4.74 Å². The molecule has 0 aliphatic rings. The van der Waals surface area contributed by atoms with Crippen LogP contribution in [0.15, 0.2) is 36.1 Å². The fraction of sp³-hybridized carbons (Fsp3) is 0.267. The van der Waals surface area contributed by atoms with Crippen LogP contribution in [0.2, 0.25) is 0 Å². The third-order valence-electron chi connectivity index (χ3n) is 3.01. The van der Waals surface area contributed by atoms with E-state index in [9.17, 15) is 4.79 Å². The van der Waals surface area contributed by atoms with E-state index < -0.39 is 7.53 Å². The van der Waals surface area contributed by atoms with E-state index in [1.54, 1.807) is 0 Å². The largest absolute Gasteiger partial charge is 0.462 e. The van der Waals surface area contributed by atoms with Crippen LogP contribution < -0.4 is 0 Å². The number of aryl methyl sites for hydroxylation is 1. The van der Waals surface area contributed by atoms with Gasteiger partial charge in [0.05, 0.1) is 11.9 Å². The maximum atomic E-state index is 12.1. The molecular formula is C15H17O2P. The fourth-order valence-electron chi connectivity index (χ4n) is 1.97. The first-order chi connectivity index (χ1) is 8.65. The van der Waals surface area contributed by atoms with Crippen LogP contribution >= 0.6 is 7.53 Å². The number of carbonyl (C=O) groups excluding carboxylic acids is 1. The van der Waals surface area contributed by atoms with E-state index in [0.29, 0.717) is 6.61 Å². The lowest BCUT2D eigenvalue weighted by Crippen LogP contribution is -2.04. The zero-order valence-electron chi connectivity index (χ0n) is 10.9. The molecule has 1 heterocycles. The highest BCUT2D eigenvalue weighted by atomic mass is 31.1. The van der Waals surface area contributed by atoms with Crippen LogP contribution in [0.4, 0.5) is 0 Å². The normalized spacial score (nSPS) is 11.4. The van der Waals surface area contributed by atoms with Crippen molar-refractivity contribution in [1.82, 2.24) is 0 Å². The van der Waals surface area contributed by atoms with Crippen molar-refractivity contribution >= 4 is 13.5 Å². The van der Waals surface area contributed by atoms with Crippen molar-refractivity contribution in [3.63, 3.8) is 0 Å². The SMILES string of the molecule is CCOC(=O)c1c(C)c(C)cp1-c1ccccc1. The first-order valence-electron chi connectivity index (χ1n) is 6.06. The predicted molar refractivity (Wildman–Crippen MR) is 75.9 cm³/mol. The molecule has 0 spiro atoms. The molecule has 94 valence electrons. The summed E-state index contributed by atoms with van der Waals surface area (Å²) in [4.78, 5) is 12.1. The van der Waals surface area contributed by atoms with Gasteiger partial charge in [0.25, 0.3) is 0 Å². The van der Waals surface area contributed by atoms with Crippen molar-refractivity contribution in [3.05, 3.63) is 52.6 Å². The van der Waals surface area contributed by atoms with E-state index in [2.05, 4.69) is 24.9 Å². The lowest BCUT2D eigenvalue weighted by atomic mass is 10.2. The van der Waals surface area contributed by atoms with Gasteiger partial charge in [0.15, 0.2) is 0 Å². The van der Waals surface area contributed by atoms with Crippen molar-refractivity contribution in [2.24, 2.45) is 0 Å². The fourth-order valence-corrected chi connectivity index (χ4v) is 4.38. The maximum absolute atomic E-state index is 12.1. The molecule has 2 nitrogen and oxygen atoms in total. The third-order valence-corrected chi connectivity index (χ3v) is 5.51. The quantitative estimate of drug-likeness (QED) is 0.762. The Kier molecular flexibility index (Phi) is 3.88. The monoisotopic (exact) mass is 260 g/mol. The molecule has 2 aromatic rings.